The third-order valence-electron chi connectivity index (χ3n) is 3.57. The molecule has 0 amide bonds. The van der Waals surface area contributed by atoms with Crippen LogP contribution in [-0.2, 0) is 6.42 Å². The predicted octanol–water partition coefficient (Wildman–Crippen LogP) is 4.72. The second kappa shape index (κ2) is 5.92. The van der Waals surface area contributed by atoms with Crippen molar-refractivity contribution in [1.82, 2.24) is 0 Å². The first kappa shape index (κ1) is 13.7. The molecule has 19 heavy (non-hydrogen) atoms. The Hall–Kier alpha value is -1.76. The quantitative estimate of drug-likeness (QED) is 0.767. The minimum Gasteiger partial charge on any atom is -0.496 e. The lowest BCUT2D eigenvalue weighted by molar-refractivity contribution is 0.407. The van der Waals surface area contributed by atoms with E-state index in [9.17, 15) is 0 Å². The Morgan fingerprint density at radius 1 is 1.05 bits per heavy atom. The Labute approximate surface area is 116 Å². The minimum atomic E-state index is 0.478. The molecule has 0 aromatic heterocycles. The molecular weight excluding hydrogens is 232 g/mol. The molecule has 1 nitrogen and oxygen atoms in total. The number of methoxy groups -OCH3 is 1. The Kier molecular flexibility index (Phi) is 4.26. The molecular formula is C18H22O. The largest absolute Gasteiger partial charge is 0.496 e. The first-order valence-electron chi connectivity index (χ1n) is 6.83. The van der Waals surface area contributed by atoms with E-state index >= 15 is 0 Å². The van der Waals surface area contributed by atoms with Crippen molar-refractivity contribution in [1.29, 1.82) is 0 Å². The van der Waals surface area contributed by atoms with E-state index in [0.29, 0.717) is 5.92 Å². The van der Waals surface area contributed by atoms with Gasteiger partial charge in [0.25, 0.3) is 0 Å². The van der Waals surface area contributed by atoms with E-state index in [0.717, 1.165) is 12.2 Å². The maximum absolute atomic E-state index is 5.44. The van der Waals surface area contributed by atoms with Crippen LogP contribution in [-0.4, -0.2) is 7.11 Å². The van der Waals surface area contributed by atoms with Gasteiger partial charge in [0, 0.05) is 0 Å². The number of ether oxygens (including phenoxy) is 1. The highest BCUT2D eigenvalue weighted by Crippen LogP contribution is 2.28. The van der Waals surface area contributed by atoms with Crippen LogP contribution < -0.4 is 4.74 Å². The van der Waals surface area contributed by atoms with Gasteiger partial charge >= 0.3 is 0 Å². The van der Waals surface area contributed by atoms with Gasteiger partial charge in [0.2, 0.25) is 0 Å². The molecule has 0 heterocycles. The number of hydrogen-bond acceptors (Lipinski definition) is 1. The van der Waals surface area contributed by atoms with Crippen molar-refractivity contribution in [2.45, 2.75) is 33.1 Å². The van der Waals surface area contributed by atoms with Crippen molar-refractivity contribution in [3.05, 3.63) is 64.7 Å². The van der Waals surface area contributed by atoms with Crippen molar-refractivity contribution in [3.63, 3.8) is 0 Å². The van der Waals surface area contributed by atoms with Gasteiger partial charge in [-0.2, -0.15) is 0 Å². The highest BCUT2D eigenvalue weighted by molar-refractivity contribution is 5.41. The molecule has 2 aromatic carbocycles. The van der Waals surface area contributed by atoms with Crippen LogP contribution in [0.3, 0.4) is 0 Å². The van der Waals surface area contributed by atoms with Gasteiger partial charge in [0.15, 0.2) is 0 Å². The third-order valence-corrected chi connectivity index (χ3v) is 3.57. The lowest BCUT2D eigenvalue weighted by atomic mass is 9.95. The second-order valence-corrected chi connectivity index (χ2v) is 5.33. The smallest absolute Gasteiger partial charge is 0.122 e. The molecule has 0 aliphatic rings. The fourth-order valence-corrected chi connectivity index (χ4v) is 2.37. The fourth-order valence-electron chi connectivity index (χ4n) is 2.37. The Balaban J connectivity index is 2.31. The average molecular weight is 254 g/mol. The van der Waals surface area contributed by atoms with Gasteiger partial charge in [0.1, 0.15) is 5.75 Å². The summed E-state index contributed by atoms with van der Waals surface area (Å²) < 4.78 is 5.44. The summed E-state index contributed by atoms with van der Waals surface area (Å²) in [6.07, 6.45) is 0.983. The summed E-state index contributed by atoms with van der Waals surface area (Å²) in [5, 5.41) is 0. The summed E-state index contributed by atoms with van der Waals surface area (Å²) in [7, 11) is 1.74. The summed E-state index contributed by atoms with van der Waals surface area (Å²) in [4.78, 5) is 0. The molecule has 0 aliphatic carbocycles. The molecule has 0 aliphatic heterocycles. The van der Waals surface area contributed by atoms with E-state index in [2.05, 4.69) is 63.2 Å². The maximum Gasteiger partial charge on any atom is 0.122 e. The summed E-state index contributed by atoms with van der Waals surface area (Å²) in [6, 6.07) is 15.1. The molecule has 0 radical (unpaired) electrons. The number of aryl methyl sites for hydroxylation is 1. The van der Waals surface area contributed by atoms with Crippen LogP contribution in [0.5, 0.6) is 5.75 Å². The normalized spacial score (nSPS) is 10.8. The van der Waals surface area contributed by atoms with Crippen molar-refractivity contribution in [2.75, 3.05) is 7.11 Å². The SMILES string of the molecule is COc1ccc(Cc2ccccc2C)cc1C(C)C. The first-order valence-corrected chi connectivity index (χ1v) is 6.83. The zero-order chi connectivity index (χ0) is 13.8. The average Bonchev–Trinajstić information content (AvgIpc) is 2.41. The van der Waals surface area contributed by atoms with E-state index < -0.39 is 0 Å². The van der Waals surface area contributed by atoms with Gasteiger partial charge in [-0.25, -0.2) is 0 Å². The van der Waals surface area contributed by atoms with Crippen LogP contribution in [0, 0.1) is 6.92 Å². The predicted molar refractivity (Wildman–Crippen MR) is 81.1 cm³/mol. The summed E-state index contributed by atoms with van der Waals surface area (Å²) >= 11 is 0. The molecule has 0 atom stereocenters. The van der Waals surface area contributed by atoms with Gasteiger partial charge in [-0.3, -0.25) is 0 Å². The number of benzene rings is 2. The fraction of sp³-hybridized carbons (Fsp3) is 0.333. The van der Waals surface area contributed by atoms with Crippen LogP contribution in [0.2, 0.25) is 0 Å². The van der Waals surface area contributed by atoms with Crippen LogP contribution in [0.4, 0.5) is 0 Å². The lowest BCUT2D eigenvalue weighted by Crippen LogP contribution is -1.98. The van der Waals surface area contributed by atoms with E-state index in [1.165, 1.54) is 22.3 Å². The maximum atomic E-state index is 5.44. The summed E-state index contributed by atoms with van der Waals surface area (Å²) in [6.45, 7) is 6.58. The van der Waals surface area contributed by atoms with E-state index in [-0.39, 0.29) is 0 Å². The van der Waals surface area contributed by atoms with E-state index in [1.54, 1.807) is 7.11 Å². The Morgan fingerprint density at radius 3 is 2.42 bits per heavy atom. The van der Waals surface area contributed by atoms with Crippen LogP contribution in [0.1, 0.15) is 42.0 Å². The van der Waals surface area contributed by atoms with Gasteiger partial charge in [-0.05, 0) is 47.6 Å². The molecule has 1 heteroatoms. The standard InChI is InChI=1S/C18H22O/c1-13(2)17-12-15(9-10-18(17)19-4)11-16-8-6-5-7-14(16)3/h5-10,12-13H,11H2,1-4H3. The minimum absolute atomic E-state index is 0.478. The second-order valence-electron chi connectivity index (χ2n) is 5.33. The zero-order valence-corrected chi connectivity index (χ0v) is 12.2. The molecule has 0 unspecified atom stereocenters. The van der Waals surface area contributed by atoms with Crippen LogP contribution in [0.25, 0.3) is 0 Å². The molecule has 0 bridgehead atoms. The van der Waals surface area contributed by atoms with Crippen LogP contribution in [0.15, 0.2) is 42.5 Å². The van der Waals surface area contributed by atoms with Gasteiger partial charge in [-0.1, -0.05) is 50.2 Å². The van der Waals surface area contributed by atoms with Gasteiger partial charge < -0.3 is 4.74 Å². The molecule has 2 aromatic rings. The molecule has 2 rings (SSSR count). The monoisotopic (exact) mass is 254 g/mol. The van der Waals surface area contributed by atoms with E-state index in [1.807, 2.05) is 0 Å². The molecule has 100 valence electrons. The number of hydrogen-bond donors (Lipinski definition) is 0. The van der Waals surface area contributed by atoms with Crippen molar-refractivity contribution < 1.29 is 4.74 Å². The molecule has 0 fully saturated rings. The Bertz CT molecular complexity index is 555. The van der Waals surface area contributed by atoms with Crippen molar-refractivity contribution in [3.8, 4) is 5.75 Å². The van der Waals surface area contributed by atoms with Crippen molar-refractivity contribution in [2.24, 2.45) is 0 Å². The number of rotatable bonds is 4. The third kappa shape index (κ3) is 3.17. The summed E-state index contributed by atoms with van der Waals surface area (Å²) in [5.41, 5.74) is 5.37. The highest BCUT2D eigenvalue weighted by atomic mass is 16.5. The molecule has 0 spiro atoms. The molecule has 0 N–H and O–H groups in total. The molecule has 0 saturated heterocycles. The highest BCUT2D eigenvalue weighted by Gasteiger charge is 2.09. The first-order chi connectivity index (χ1) is 9.11. The zero-order valence-electron chi connectivity index (χ0n) is 12.2. The van der Waals surface area contributed by atoms with Gasteiger partial charge in [0.05, 0.1) is 7.11 Å². The topological polar surface area (TPSA) is 9.23 Å². The van der Waals surface area contributed by atoms with Crippen molar-refractivity contribution >= 4 is 0 Å². The lowest BCUT2D eigenvalue weighted by Gasteiger charge is -2.14. The van der Waals surface area contributed by atoms with Gasteiger partial charge in [-0.15, -0.1) is 0 Å². The molecule has 0 saturated carbocycles. The Morgan fingerprint density at radius 2 is 1.79 bits per heavy atom. The van der Waals surface area contributed by atoms with E-state index in [4.69, 9.17) is 4.74 Å². The van der Waals surface area contributed by atoms with Crippen LogP contribution >= 0.6 is 0 Å². The summed E-state index contributed by atoms with van der Waals surface area (Å²) in [5.74, 6) is 1.47.